The molecule has 0 aliphatic heterocycles. The maximum Gasteiger partial charge on any atom is 0.224 e. The van der Waals surface area contributed by atoms with E-state index in [1.54, 1.807) is 13.3 Å². The lowest BCUT2D eigenvalue weighted by molar-refractivity contribution is 0.419. The van der Waals surface area contributed by atoms with Crippen molar-refractivity contribution in [2.75, 3.05) is 24.3 Å². The first-order valence-electron chi connectivity index (χ1n) is 10.3. The first kappa shape index (κ1) is 19.0. The average Bonchev–Trinajstić information content (AvgIpc) is 3.44. The van der Waals surface area contributed by atoms with Crippen LogP contribution in [0, 0.1) is 0 Å². The third-order valence-electron chi connectivity index (χ3n) is 5.39. The Labute approximate surface area is 179 Å². The molecule has 0 bridgehead atoms. The number of benzene rings is 2. The van der Waals surface area contributed by atoms with E-state index in [1.807, 2.05) is 30.6 Å². The molecule has 4 N–H and O–H groups in total. The lowest BCUT2D eigenvalue weighted by atomic mass is 10.1. The fraction of sp³-hybridized carbons (Fsp3) is 0.167. The molecule has 0 amide bonds. The fourth-order valence-corrected chi connectivity index (χ4v) is 3.85. The Morgan fingerprint density at radius 1 is 1.00 bits per heavy atom. The van der Waals surface area contributed by atoms with Crippen LogP contribution in [0.5, 0.6) is 5.75 Å². The van der Waals surface area contributed by atoms with E-state index in [9.17, 15) is 0 Å². The van der Waals surface area contributed by atoms with Crippen LogP contribution in [-0.4, -0.2) is 33.6 Å². The van der Waals surface area contributed by atoms with Gasteiger partial charge in [0, 0.05) is 48.1 Å². The summed E-state index contributed by atoms with van der Waals surface area (Å²) in [6.07, 6.45) is 6.61. The molecule has 0 unspecified atom stereocenters. The van der Waals surface area contributed by atoms with Crippen LogP contribution in [0.3, 0.4) is 0 Å². The second kappa shape index (κ2) is 8.39. The Hall–Kier alpha value is -4.00. The van der Waals surface area contributed by atoms with E-state index in [-0.39, 0.29) is 0 Å². The molecule has 7 nitrogen and oxygen atoms in total. The van der Waals surface area contributed by atoms with Crippen molar-refractivity contribution >= 4 is 33.6 Å². The normalized spacial score (nSPS) is 11.1. The van der Waals surface area contributed by atoms with Crippen LogP contribution >= 0.6 is 0 Å². The van der Waals surface area contributed by atoms with Crippen molar-refractivity contribution in [3.05, 3.63) is 78.2 Å². The zero-order valence-electron chi connectivity index (χ0n) is 17.3. The Morgan fingerprint density at radius 2 is 1.97 bits per heavy atom. The van der Waals surface area contributed by atoms with Crippen molar-refractivity contribution in [3.8, 4) is 5.75 Å². The molecule has 5 rings (SSSR count). The van der Waals surface area contributed by atoms with Crippen molar-refractivity contribution in [2.24, 2.45) is 0 Å². The Bertz CT molecular complexity index is 1320. The van der Waals surface area contributed by atoms with E-state index < -0.39 is 0 Å². The Balaban J connectivity index is 1.21. The molecular formula is C24H24N6O. The van der Waals surface area contributed by atoms with E-state index in [0.29, 0.717) is 12.5 Å². The molecule has 0 atom stereocenters. The van der Waals surface area contributed by atoms with Crippen LogP contribution in [0.2, 0.25) is 0 Å². The topological polar surface area (TPSA) is 90.6 Å². The van der Waals surface area contributed by atoms with Crippen molar-refractivity contribution in [3.63, 3.8) is 0 Å². The monoisotopic (exact) mass is 412 g/mol. The number of hydrogen-bond acceptors (Lipinski definition) is 5. The summed E-state index contributed by atoms with van der Waals surface area (Å²) in [5.41, 5.74) is 4.62. The van der Waals surface area contributed by atoms with Gasteiger partial charge in [0.2, 0.25) is 5.95 Å². The largest absolute Gasteiger partial charge is 0.496 e. The average molecular weight is 412 g/mol. The number of nitrogens with one attached hydrogen (secondary N) is 4. The number of rotatable bonds is 8. The number of hydrogen-bond donors (Lipinski definition) is 4. The van der Waals surface area contributed by atoms with Crippen molar-refractivity contribution in [1.29, 1.82) is 0 Å². The fourth-order valence-electron chi connectivity index (χ4n) is 3.85. The molecule has 3 heterocycles. The van der Waals surface area contributed by atoms with Gasteiger partial charge in [0.1, 0.15) is 11.6 Å². The summed E-state index contributed by atoms with van der Waals surface area (Å²) in [5, 5.41) is 9.04. The van der Waals surface area contributed by atoms with E-state index in [2.05, 4.69) is 60.9 Å². The van der Waals surface area contributed by atoms with Gasteiger partial charge in [-0.15, -0.1) is 0 Å². The second-order valence-corrected chi connectivity index (χ2v) is 7.39. The van der Waals surface area contributed by atoms with Crippen LogP contribution in [-0.2, 0) is 13.0 Å². The highest BCUT2D eigenvalue weighted by Crippen LogP contribution is 2.28. The van der Waals surface area contributed by atoms with Crippen molar-refractivity contribution < 1.29 is 4.74 Å². The van der Waals surface area contributed by atoms with Crippen LogP contribution in [0.1, 0.15) is 11.1 Å². The van der Waals surface area contributed by atoms with Gasteiger partial charge in [-0.1, -0.05) is 12.1 Å². The number of ether oxygens (including phenoxy) is 1. The predicted octanol–water partition coefficient (Wildman–Crippen LogP) is 4.71. The predicted molar refractivity (Wildman–Crippen MR) is 125 cm³/mol. The zero-order valence-corrected chi connectivity index (χ0v) is 17.3. The van der Waals surface area contributed by atoms with Crippen LogP contribution in [0.4, 0.5) is 11.8 Å². The molecule has 7 heteroatoms. The smallest absolute Gasteiger partial charge is 0.224 e. The van der Waals surface area contributed by atoms with Gasteiger partial charge in [0.25, 0.3) is 0 Å². The van der Waals surface area contributed by atoms with E-state index in [0.717, 1.165) is 41.0 Å². The maximum absolute atomic E-state index is 5.52. The summed E-state index contributed by atoms with van der Waals surface area (Å²) >= 11 is 0. The third-order valence-corrected chi connectivity index (χ3v) is 5.39. The first-order chi connectivity index (χ1) is 15.3. The number of anilines is 2. The van der Waals surface area contributed by atoms with Gasteiger partial charge in [0.05, 0.1) is 7.11 Å². The highest BCUT2D eigenvalue weighted by Gasteiger charge is 2.09. The quantitative estimate of drug-likeness (QED) is 0.296. The summed E-state index contributed by atoms with van der Waals surface area (Å²) in [6, 6.07) is 16.3. The summed E-state index contributed by atoms with van der Waals surface area (Å²) in [7, 11) is 1.70. The van der Waals surface area contributed by atoms with Gasteiger partial charge < -0.3 is 25.3 Å². The molecule has 3 aromatic heterocycles. The minimum atomic E-state index is 0.605. The number of aromatic nitrogens is 4. The number of aromatic amines is 2. The molecule has 0 spiro atoms. The molecule has 31 heavy (non-hydrogen) atoms. The molecule has 156 valence electrons. The van der Waals surface area contributed by atoms with Crippen LogP contribution in [0.15, 0.2) is 67.1 Å². The highest BCUT2D eigenvalue weighted by molar-refractivity contribution is 5.89. The molecule has 0 fully saturated rings. The number of nitrogens with zero attached hydrogens (tertiary/aromatic N) is 2. The van der Waals surface area contributed by atoms with Crippen LogP contribution in [0.25, 0.3) is 21.8 Å². The first-order valence-corrected chi connectivity index (χ1v) is 10.3. The highest BCUT2D eigenvalue weighted by atomic mass is 16.5. The minimum Gasteiger partial charge on any atom is -0.496 e. The minimum absolute atomic E-state index is 0.605. The molecule has 0 radical (unpaired) electrons. The summed E-state index contributed by atoms with van der Waals surface area (Å²) < 4.78 is 5.52. The van der Waals surface area contributed by atoms with Crippen molar-refractivity contribution in [1.82, 2.24) is 19.9 Å². The lowest BCUT2D eigenvalue weighted by Crippen LogP contribution is -2.09. The standard InChI is InChI=1S/C24H24N6O/c1-31-21-4-2-3-20-23(21)18(15-28-20)8-11-26-22-9-12-27-24(30-22)29-14-16-5-6-19-17(13-16)7-10-25-19/h2-7,9-10,12-13,15,25,28H,8,11,14H2,1H3,(H2,26,27,29,30). The van der Waals surface area contributed by atoms with Gasteiger partial charge in [-0.2, -0.15) is 4.98 Å². The van der Waals surface area contributed by atoms with Gasteiger partial charge in [-0.25, -0.2) is 4.98 Å². The molecule has 0 aliphatic carbocycles. The summed E-state index contributed by atoms with van der Waals surface area (Å²) in [4.78, 5) is 15.4. The number of methoxy groups -OCH3 is 1. The number of H-pyrrole nitrogens is 2. The third kappa shape index (κ3) is 4.02. The maximum atomic E-state index is 5.52. The summed E-state index contributed by atoms with van der Waals surface area (Å²) in [5.74, 6) is 2.29. The van der Waals surface area contributed by atoms with Gasteiger partial charge in [-0.05, 0) is 59.3 Å². The van der Waals surface area contributed by atoms with E-state index >= 15 is 0 Å². The molecule has 5 aromatic rings. The molecule has 0 aliphatic rings. The summed E-state index contributed by atoms with van der Waals surface area (Å²) in [6.45, 7) is 1.42. The van der Waals surface area contributed by atoms with E-state index in [4.69, 9.17) is 4.74 Å². The molecule has 0 saturated heterocycles. The molecular weight excluding hydrogens is 388 g/mol. The Kier molecular flexibility index (Phi) is 5.14. The lowest BCUT2D eigenvalue weighted by Gasteiger charge is -2.09. The van der Waals surface area contributed by atoms with Gasteiger partial charge >= 0.3 is 0 Å². The van der Waals surface area contributed by atoms with E-state index in [1.165, 1.54) is 16.5 Å². The van der Waals surface area contributed by atoms with Crippen molar-refractivity contribution in [2.45, 2.75) is 13.0 Å². The molecule has 0 saturated carbocycles. The number of fused-ring (bicyclic) bond motifs is 2. The van der Waals surface area contributed by atoms with Gasteiger partial charge in [0.15, 0.2) is 0 Å². The van der Waals surface area contributed by atoms with Gasteiger partial charge in [-0.3, -0.25) is 0 Å². The SMILES string of the molecule is COc1cccc2[nH]cc(CCNc3ccnc(NCc4ccc5[nH]ccc5c4)n3)c12. The van der Waals surface area contributed by atoms with Crippen LogP contribution < -0.4 is 15.4 Å². The second-order valence-electron chi connectivity index (χ2n) is 7.39. The zero-order chi connectivity index (χ0) is 21.0. The molecule has 2 aromatic carbocycles. The Morgan fingerprint density at radius 3 is 2.90 bits per heavy atom.